The fraction of sp³-hybridized carbons (Fsp3) is 0.273. The molecule has 0 bridgehead atoms. The third kappa shape index (κ3) is 4.64. The normalized spacial score (nSPS) is 15.4. The van der Waals surface area contributed by atoms with E-state index in [1.165, 1.54) is 16.4 Å². The van der Waals surface area contributed by atoms with Gasteiger partial charge in [0.25, 0.3) is 0 Å². The molecule has 0 aliphatic carbocycles. The number of anilines is 1. The highest BCUT2D eigenvalue weighted by molar-refractivity contribution is 7.89. The van der Waals surface area contributed by atoms with E-state index in [0.717, 1.165) is 11.3 Å². The van der Waals surface area contributed by atoms with Gasteiger partial charge in [0.1, 0.15) is 5.75 Å². The van der Waals surface area contributed by atoms with Crippen LogP contribution in [0.5, 0.6) is 5.75 Å². The SMILES string of the molecule is COc1ccccc1-c1cc(NC(=O)C2CCN(S(=O)(=O)c3ccc(Cl)cc3)CC2)n[nH]1. The van der Waals surface area contributed by atoms with E-state index in [9.17, 15) is 13.2 Å². The summed E-state index contributed by atoms with van der Waals surface area (Å²) >= 11 is 5.85. The molecule has 0 saturated carbocycles. The van der Waals surface area contributed by atoms with E-state index < -0.39 is 10.0 Å². The number of methoxy groups -OCH3 is 1. The number of aromatic nitrogens is 2. The molecule has 1 saturated heterocycles. The van der Waals surface area contributed by atoms with E-state index in [1.807, 2.05) is 24.3 Å². The number of hydrogen-bond donors (Lipinski definition) is 2. The average molecular weight is 475 g/mol. The van der Waals surface area contributed by atoms with Gasteiger partial charge < -0.3 is 10.1 Å². The number of rotatable bonds is 6. The largest absolute Gasteiger partial charge is 0.496 e. The van der Waals surface area contributed by atoms with Gasteiger partial charge in [-0.05, 0) is 49.2 Å². The minimum Gasteiger partial charge on any atom is -0.496 e. The summed E-state index contributed by atoms with van der Waals surface area (Å²) in [5.74, 6) is 0.639. The van der Waals surface area contributed by atoms with Crippen LogP contribution in [-0.2, 0) is 14.8 Å². The fourth-order valence-electron chi connectivity index (χ4n) is 3.73. The van der Waals surface area contributed by atoms with Crippen molar-refractivity contribution in [1.82, 2.24) is 14.5 Å². The van der Waals surface area contributed by atoms with Gasteiger partial charge in [0.15, 0.2) is 5.82 Å². The molecule has 0 atom stereocenters. The first kappa shape index (κ1) is 22.3. The lowest BCUT2D eigenvalue weighted by Crippen LogP contribution is -2.41. The number of nitrogens with one attached hydrogen (secondary N) is 2. The second-order valence-electron chi connectivity index (χ2n) is 7.49. The molecule has 1 amide bonds. The molecule has 10 heteroatoms. The van der Waals surface area contributed by atoms with Gasteiger partial charge in [-0.15, -0.1) is 0 Å². The number of benzene rings is 2. The van der Waals surface area contributed by atoms with Crippen LogP contribution in [0.4, 0.5) is 5.82 Å². The third-order valence-corrected chi connectivity index (χ3v) is 7.67. The van der Waals surface area contributed by atoms with Crippen LogP contribution in [-0.4, -0.2) is 49.0 Å². The second-order valence-corrected chi connectivity index (χ2v) is 9.86. The van der Waals surface area contributed by atoms with Crippen molar-refractivity contribution in [2.45, 2.75) is 17.7 Å². The van der Waals surface area contributed by atoms with Gasteiger partial charge in [-0.1, -0.05) is 23.7 Å². The maximum absolute atomic E-state index is 12.8. The van der Waals surface area contributed by atoms with Gasteiger partial charge in [-0.25, -0.2) is 8.42 Å². The highest BCUT2D eigenvalue weighted by atomic mass is 35.5. The Morgan fingerprint density at radius 3 is 2.53 bits per heavy atom. The van der Waals surface area contributed by atoms with Gasteiger partial charge in [-0.3, -0.25) is 9.89 Å². The Bertz CT molecular complexity index is 1200. The molecule has 32 heavy (non-hydrogen) atoms. The molecule has 4 rings (SSSR count). The molecule has 3 aromatic rings. The molecule has 1 fully saturated rings. The summed E-state index contributed by atoms with van der Waals surface area (Å²) in [5, 5.41) is 10.4. The van der Waals surface area contributed by atoms with Crippen molar-refractivity contribution < 1.29 is 17.9 Å². The molecule has 0 spiro atoms. The van der Waals surface area contributed by atoms with Crippen LogP contribution in [0, 0.1) is 5.92 Å². The predicted octanol–water partition coefficient (Wildman–Crippen LogP) is 3.78. The first-order valence-electron chi connectivity index (χ1n) is 10.1. The minimum atomic E-state index is -3.61. The lowest BCUT2D eigenvalue weighted by molar-refractivity contribution is -0.120. The number of H-pyrrole nitrogens is 1. The van der Waals surface area contributed by atoms with Crippen molar-refractivity contribution in [3.63, 3.8) is 0 Å². The lowest BCUT2D eigenvalue weighted by atomic mass is 9.97. The maximum atomic E-state index is 12.8. The van der Waals surface area contributed by atoms with Crippen molar-refractivity contribution in [1.29, 1.82) is 0 Å². The van der Waals surface area contributed by atoms with Gasteiger partial charge >= 0.3 is 0 Å². The molecule has 1 aliphatic rings. The number of hydrogen-bond acceptors (Lipinski definition) is 5. The number of para-hydroxylation sites is 1. The summed E-state index contributed by atoms with van der Waals surface area (Å²) in [5.41, 5.74) is 1.56. The minimum absolute atomic E-state index is 0.174. The van der Waals surface area contributed by atoms with Gasteiger partial charge in [0.05, 0.1) is 17.7 Å². The fourth-order valence-corrected chi connectivity index (χ4v) is 5.33. The van der Waals surface area contributed by atoms with Gasteiger partial charge in [0, 0.05) is 35.7 Å². The van der Waals surface area contributed by atoms with Crippen molar-refractivity contribution in [3.05, 3.63) is 59.6 Å². The van der Waals surface area contributed by atoms with Gasteiger partial charge in [-0.2, -0.15) is 9.40 Å². The smallest absolute Gasteiger partial charge is 0.243 e. The van der Waals surface area contributed by atoms with E-state index in [2.05, 4.69) is 15.5 Å². The van der Waals surface area contributed by atoms with E-state index in [1.54, 1.807) is 25.3 Å². The van der Waals surface area contributed by atoms with Gasteiger partial charge in [0.2, 0.25) is 15.9 Å². The Kier molecular flexibility index (Phi) is 6.50. The number of sulfonamides is 1. The zero-order valence-corrected chi connectivity index (χ0v) is 19.0. The van der Waals surface area contributed by atoms with E-state index in [0.29, 0.717) is 29.4 Å². The summed E-state index contributed by atoms with van der Waals surface area (Å²) < 4.78 is 32.4. The molecule has 1 aliphatic heterocycles. The summed E-state index contributed by atoms with van der Waals surface area (Å²) in [6, 6.07) is 15.4. The molecule has 0 radical (unpaired) electrons. The number of nitrogens with zero attached hydrogens (tertiary/aromatic N) is 2. The molecule has 2 heterocycles. The van der Waals surface area contributed by atoms with Crippen molar-refractivity contribution in [2.75, 3.05) is 25.5 Å². The van der Waals surface area contributed by atoms with E-state index in [-0.39, 0.29) is 29.8 Å². The molecule has 2 aromatic carbocycles. The first-order chi connectivity index (χ1) is 15.4. The monoisotopic (exact) mass is 474 g/mol. The number of amides is 1. The second kappa shape index (κ2) is 9.32. The van der Waals surface area contributed by atoms with Crippen LogP contribution in [0.15, 0.2) is 59.5 Å². The zero-order valence-electron chi connectivity index (χ0n) is 17.4. The Morgan fingerprint density at radius 1 is 1.16 bits per heavy atom. The Balaban J connectivity index is 1.37. The molecule has 8 nitrogen and oxygen atoms in total. The molecule has 168 valence electrons. The average Bonchev–Trinajstić information content (AvgIpc) is 3.27. The summed E-state index contributed by atoms with van der Waals surface area (Å²) in [7, 11) is -2.01. The van der Waals surface area contributed by atoms with Crippen LogP contribution < -0.4 is 10.1 Å². The standard InChI is InChI=1S/C22H23ClN4O4S/c1-31-20-5-3-2-4-18(20)19-14-21(26-25-19)24-22(28)15-10-12-27(13-11-15)32(29,30)17-8-6-16(23)7-9-17/h2-9,14-15H,10-13H2,1H3,(H2,24,25,26,28). The van der Waals surface area contributed by atoms with Crippen LogP contribution in [0.25, 0.3) is 11.3 Å². The number of piperidine rings is 1. The van der Waals surface area contributed by atoms with E-state index >= 15 is 0 Å². The maximum Gasteiger partial charge on any atom is 0.243 e. The molecule has 2 N–H and O–H groups in total. The lowest BCUT2D eigenvalue weighted by Gasteiger charge is -2.30. The van der Waals surface area contributed by atoms with Crippen molar-refractivity contribution in [3.8, 4) is 17.0 Å². The van der Waals surface area contributed by atoms with Crippen LogP contribution in [0.1, 0.15) is 12.8 Å². The molecule has 1 aromatic heterocycles. The molecular weight excluding hydrogens is 452 g/mol. The Morgan fingerprint density at radius 2 is 1.84 bits per heavy atom. The zero-order chi connectivity index (χ0) is 22.7. The summed E-state index contributed by atoms with van der Waals surface area (Å²) in [4.78, 5) is 12.9. The molecule has 0 unspecified atom stereocenters. The predicted molar refractivity (Wildman–Crippen MR) is 122 cm³/mol. The highest BCUT2D eigenvalue weighted by Crippen LogP contribution is 2.30. The number of halogens is 1. The number of carbonyl (C=O) groups is 1. The summed E-state index contributed by atoms with van der Waals surface area (Å²) in [6.07, 6.45) is 0.866. The van der Waals surface area contributed by atoms with Crippen LogP contribution in [0.3, 0.4) is 0 Å². The summed E-state index contributed by atoms with van der Waals surface area (Å²) in [6.45, 7) is 0.548. The number of ether oxygens (including phenoxy) is 1. The van der Waals surface area contributed by atoms with Crippen molar-refractivity contribution in [2.24, 2.45) is 5.92 Å². The topological polar surface area (TPSA) is 104 Å². The molecular formula is C22H23ClN4O4S. The van der Waals surface area contributed by atoms with Crippen molar-refractivity contribution >= 4 is 33.3 Å². The number of carbonyl (C=O) groups excluding carboxylic acids is 1. The highest BCUT2D eigenvalue weighted by Gasteiger charge is 2.32. The van der Waals surface area contributed by atoms with Crippen LogP contribution in [0.2, 0.25) is 5.02 Å². The van der Waals surface area contributed by atoms with E-state index in [4.69, 9.17) is 16.3 Å². The third-order valence-electron chi connectivity index (χ3n) is 5.50. The Labute approximate surface area is 191 Å². The first-order valence-corrected chi connectivity index (χ1v) is 12.0. The van der Waals surface area contributed by atoms with Crippen LogP contribution >= 0.6 is 11.6 Å². The number of aromatic amines is 1. The Hall–Kier alpha value is -2.88. The quantitative estimate of drug-likeness (QED) is 0.565.